The molecule has 15 heavy (non-hydrogen) atoms. The first-order valence-corrected chi connectivity index (χ1v) is 7.14. The fourth-order valence-electron chi connectivity index (χ4n) is 1.91. The van der Waals surface area contributed by atoms with E-state index in [0.717, 1.165) is 13.1 Å². The van der Waals surface area contributed by atoms with E-state index in [-0.39, 0.29) is 0 Å². The molecule has 0 radical (unpaired) electrons. The third-order valence-corrected chi connectivity index (χ3v) is 4.39. The molecule has 0 saturated carbocycles. The maximum Gasteiger partial charge on any atom is 0.0701 e. The Morgan fingerprint density at radius 2 is 2.33 bits per heavy atom. The highest BCUT2D eigenvalue weighted by atomic mass is 79.9. The summed E-state index contributed by atoms with van der Waals surface area (Å²) >= 11 is 5.31. The van der Waals surface area contributed by atoms with Crippen LogP contribution in [0.25, 0.3) is 0 Å². The molecule has 1 fully saturated rings. The van der Waals surface area contributed by atoms with Crippen molar-refractivity contribution < 1.29 is 0 Å². The molecule has 0 amide bonds. The molecule has 0 bridgehead atoms. The summed E-state index contributed by atoms with van der Waals surface area (Å²) in [6.07, 6.45) is 3.86. The summed E-state index contributed by atoms with van der Waals surface area (Å²) in [7, 11) is 0. The smallest absolute Gasteiger partial charge is 0.0701 e. The molecule has 1 atom stereocenters. The molecule has 1 aromatic rings. The summed E-state index contributed by atoms with van der Waals surface area (Å²) in [5, 5.41) is 7.08. The Labute approximate surface area is 104 Å². The van der Waals surface area contributed by atoms with Crippen LogP contribution in [-0.4, -0.2) is 19.1 Å². The van der Waals surface area contributed by atoms with Gasteiger partial charge < -0.3 is 10.6 Å². The van der Waals surface area contributed by atoms with Crippen molar-refractivity contribution >= 4 is 27.3 Å². The Kier molecular flexibility index (Phi) is 4.62. The molecule has 0 aliphatic carbocycles. The Morgan fingerprint density at radius 3 is 3.13 bits per heavy atom. The van der Waals surface area contributed by atoms with E-state index in [0.29, 0.717) is 6.04 Å². The molecule has 2 rings (SSSR count). The van der Waals surface area contributed by atoms with Gasteiger partial charge in [0, 0.05) is 17.5 Å². The summed E-state index contributed by atoms with van der Waals surface area (Å²) in [4.78, 5) is 1.42. The molecule has 1 aliphatic heterocycles. The maximum atomic E-state index is 3.64. The van der Waals surface area contributed by atoms with Crippen LogP contribution in [-0.2, 0) is 6.54 Å². The average molecular weight is 289 g/mol. The van der Waals surface area contributed by atoms with E-state index in [9.17, 15) is 0 Å². The molecule has 1 saturated heterocycles. The minimum atomic E-state index is 0.695. The first-order chi connectivity index (χ1) is 7.34. The molecule has 2 N–H and O–H groups in total. The Hall–Kier alpha value is 0.1000. The SMILES string of the molecule is Brc1ccc(CNC2CCCNCC2)s1. The fourth-order valence-corrected chi connectivity index (χ4v) is 3.35. The van der Waals surface area contributed by atoms with Crippen LogP contribution in [0.3, 0.4) is 0 Å². The van der Waals surface area contributed by atoms with E-state index in [4.69, 9.17) is 0 Å². The van der Waals surface area contributed by atoms with Crippen LogP contribution >= 0.6 is 27.3 Å². The normalized spacial score (nSPS) is 22.6. The van der Waals surface area contributed by atoms with E-state index in [2.05, 4.69) is 38.7 Å². The van der Waals surface area contributed by atoms with E-state index >= 15 is 0 Å². The summed E-state index contributed by atoms with van der Waals surface area (Å²) < 4.78 is 1.22. The van der Waals surface area contributed by atoms with Gasteiger partial charge in [0.05, 0.1) is 3.79 Å². The Bertz CT molecular complexity index is 293. The van der Waals surface area contributed by atoms with E-state index in [1.807, 2.05) is 11.3 Å². The predicted octanol–water partition coefficient (Wildman–Crippen LogP) is 2.74. The molecule has 84 valence electrons. The Morgan fingerprint density at radius 1 is 1.40 bits per heavy atom. The molecule has 2 heterocycles. The van der Waals surface area contributed by atoms with Crippen molar-refractivity contribution in [2.24, 2.45) is 0 Å². The van der Waals surface area contributed by atoms with Crippen LogP contribution < -0.4 is 10.6 Å². The van der Waals surface area contributed by atoms with E-state index in [1.54, 1.807) is 0 Å². The van der Waals surface area contributed by atoms with Gasteiger partial charge in [0.15, 0.2) is 0 Å². The van der Waals surface area contributed by atoms with Crippen molar-refractivity contribution in [3.8, 4) is 0 Å². The third-order valence-electron chi connectivity index (χ3n) is 2.77. The molecule has 4 heteroatoms. The van der Waals surface area contributed by atoms with Crippen molar-refractivity contribution in [2.75, 3.05) is 13.1 Å². The van der Waals surface area contributed by atoms with Crippen molar-refractivity contribution in [1.29, 1.82) is 0 Å². The van der Waals surface area contributed by atoms with Crippen molar-refractivity contribution in [1.82, 2.24) is 10.6 Å². The molecular formula is C11H17BrN2S. The lowest BCUT2D eigenvalue weighted by atomic mass is 10.1. The van der Waals surface area contributed by atoms with Gasteiger partial charge in [-0.2, -0.15) is 0 Å². The first-order valence-electron chi connectivity index (χ1n) is 5.53. The third kappa shape index (κ3) is 3.87. The second-order valence-corrected chi connectivity index (χ2v) is 6.51. The van der Waals surface area contributed by atoms with Crippen LogP contribution in [0.1, 0.15) is 24.1 Å². The first kappa shape index (κ1) is 11.6. The largest absolute Gasteiger partial charge is 0.317 e. The topological polar surface area (TPSA) is 24.1 Å². The van der Waals surface area contributed by atoms with Gasteiger partial charge in [-0.3, -0.25) is 0 Å². The van der Waals surface area contributed by atoms with Crippen LogP contribution in [0.2, 0.25) is 0 Å². The van der Waals surface area contributed by atoms with E-state index in [1.165, 1.54) is 34.5 Å². The van der Waals surface area contributed by atoms with Crippen LogP contribution in [0, 0.1) is 0 Å². The lowest BCUT2D eigenvalue weighted by Gasteiger charge is -2.14. The molecular weight excluding hydrogens is 272 g/mol. The van der Waals surface area contributed by atoms with Crippen LogP contribution in [0.15, 0.2) is 15.9 Å². The quantitative estimate of drug-likeness (QED) is 0.894. The van der Waals surface area contributed by atoms with Gasteiger partial charge in [0.25, 0.3) is 0 Å². The molecule has 0 spiro atoms. The van der Waals surface area contributed by atoms with Gasteiger partial charge in [-0.05, 0) is 60.4 Å². The molecule has 0 aromatic carbocycles. The summed E-state index contributed by atoms with van der Waals surface area (Å²) in [6.45, 7) is 3.36. The summed E-state index contributed by atoms with van der Waals surface area (Å²) in [6, 6.07) is 5.01. The van der Waals surface area contributed by atoms with Crippen molar-refractivity contribution in [3.05, 3.63) is 20.8 Å². The van der Waals surface area contributed by atoms with Gasteiger partial charge in [0.1, 0.15) is 0 Å². The summed E-state index contributed by atoms with van der Waals surface area (Å²) in [5.74, 6) is 0. The van der Waals surface area contributed by atoms with Crippen molar-refractivity contribution in [3.63, 3.8) is 0 Å². The van der Waals surface area contributed by atoms with E-state index < -0.39 is 0 Å². The number of hydrogen-bond donors (Lipinski definition) is 2. The average Bonchev–Trinajstić information content (AvgIpc) is 2.52. The lowest BCUT2D eigenvalue weighted by Crippen LogP contribution is -2.29. The zero-order valence-corrected chi connectivity index (χ0v) is 11.2. The van der Waals surface area contributed by atoms with Crippen LogP contribution in [0.4, 0.5) is 0 Å². The second kappa shape index (κ2) is 5.99. The van der Waals surface area contributed by atoms with Crippen molar-refractivity contribution in [2.45, 2.75) is 31.8 Å². The minimum absolute atomic E-state index is 0.695. The number of halogens is 1. The summed E-state index contributed by atoms with van der Waals surface area (Å²) in [5.41, 5.74) is 0. The van der Waals surface area contributed by atoms with Gasteiger partial charge in [-0.15, -0.1) is 11.3 Å². The minimum Gasteiger partial charge on any atom is -0.317 e. The highest BCUT2D eigenvalue weighted by molar-refractivity contribution is 9.11. The van der Waals surface area contributed by atoms with Gasteiger partial charge in [-0.1, -0.05) is 0 Å². The highest BCUT2D eigenvalue weighted by Crippen LogP contribution is 2.22. The predicted molar refractivity (Wildman–Crippen MR) is 69.4 cm³/mol. The molecule has 1 aliphatic rings. The molecule has 1 aromatic heterocycles. The number of thiophene rings is 1. The molecule has 1 unspecified atom stereocenters. The monoisotopic (exact) mass is 288 g/mol. The number of rotatable bonds is 3. The number of hydrogen-bond acceptors (Lipinski definition) is 3. The second-order valence-electron chi connectivity index (χ2n) is 3.96. The van der Waals surface area contributed by atoms with Gasteiger partial charge in [-0.25, -0.2) is 0 Å². The maximum absolute atomic E-state index is 3.64. The number of nitrogens with one attached hydrogen (secondary N) is 2. The zero-order chi connectivity index (χ0) is 10.5. The molecule has 2 nitrogen and oxygen atoms in total. The van der Waals surface area contributed by atoms with Gasteiger partial charge in [0.2, 0.25) is 0 Å². The Balaban J connectivity index is 1.76. The lowest BCUT2D eigenvalue weighted by molar-refractivity contribution is 0.470. The standard InChI is InChI=1S/C11H17BrN2S/c12-11-4-3-10(15-11)8-14-9-2-1-6-13-7-5-9/h3-4,9,13-14H,1-2,5-8H2. The highest BCUT2D eigenvalue weighted by Gasteiger charge is 2.11. The van der Waals surface area contributed by atoms with Crippen LogP contribution in [0.5, 0.6) is 0 Å². The van der Waals surface area contributed by atoms with Gasteiger partial charge >= 0.3 is 0 Å². The fraction of sp³-hybridized carbons (Fsp3) is 0.636. The zero-order valence-electron chi connectivity index (χ0n) is 8.76.